The minimum atomic E-state index is -0.962. The SMILES string of the molecule is CC(C)(C)OC(=O)NC(CO)Cc1ccc(F)c(F)c1. The Morgan fingerprint density at radius 1 is 1.35 bits per heavy atom. The molecule has 6 heteroatoms. The summed E-state index contributed by atoms with van der Waals surface area (Å²) in [6.07, 6.45) is -0.494. The Bertz CT molecular complexity index is 472. The van der Waals surface area contributed by atoms with Crippen molar-refractivity contribution in [2.75, 3.05) is 6.61 Å². The molecule has 1 rings (SSSR count). The van der Waals surface area contributed by atoms with Gasteiger partial charge in [-0.05, 0) is 44.9 Å². The molecule has 1 amide bonds. The van der Waals surface area contributed by atoms with Gasteiger partial charge in [-0.25, -0.2) is 13.6 Å². The smallest absolute Gasteiger partial charge is 0.407 e. The third-order valence-electron chi connectivity index (χ3n) is 2.41. The summed E-state index contributed by atoms with van der Waals surface area (Å²) in [6.45, 7) is 4.82. The van der Waals surface area contributed by atoms with E-state index in [1.165, 1.54) is 6.07 Å². The van der Waals surface area contributed by atoms with Crippen LogP contribution in [-0.4, -0.2) is 29.4 Å². The summed E-state index contributed by atoms with van der Waals surface area (Å²) in [4.78, 5) is 11.6. The summed E-state index contributed by atoms with van der Waals surface area (Å²) in [7, 11) is 0. The number of carbonyl (C=O) groups is 1. The van der Waals surface area contributed by atoms with Gasteiger partial charge in [-0.3, -0.25) is 0 Å². The van der Waals surface area contributed by atoms with Gasteiger partial charge in [0, 0.05) is 0 Å². The first-order valence-electron chi connectivity index (χ1n) is 6.25. The lowest BCUT2D eigenvalue weighted by atomic mass is 10.1. The topological polar surface area (TPSA) is 58.6 Å². The predicted molar refractivity (Wildman–Crippen MR) is 70.3 cm³/mol. The lowest BCUT2D eigenvalue weighted by Crippen LogP contribution is -2.42. The van der Waals surface area contributed by atoms with Gasteiger partial charge in [0.25, 0.3) is 0 Å². The lowest BCUT2D eigenvalue weighted by Gasteiger charge is -2.22. The van der Waals surface area contributed by atoms with Crippen molar-refractivity contribution in [1.82, 2.24) is 5.32 Å². The van der Waals surface area contributed by atoms with Crippen LogP contribution in [0.5, 0.6) is 0 Å². The Labute approximate surface area is 116 Å². The van der Waals surface area contributed by atoms with Crippen molar-refractivity contribution in [2.45, 2.75) is 38.8 Å². The number of halogens is 2. The van der Waals surface area contributed by atoms with Crippen LogP contribution < -0.4 is 5.32 Å². The van der Waals surface area contributed by atoms with Gasteiger partial charge in [0.1, 0.15) is 5.60 Å². The number of hydrogen-bond acceptors (Lipinski definition) is 3. The van der Waals surface area contributed by atoms with E-state index in [0.717, 1.165) is 12.1 Å². The number of carbonyl (C=O) groups excluding carboxylic acids is 1. The van der Waals surface area contributed by atoms with E-state index in [1.54, 1.807) is 20.8 Å². The van der Waals surface area contributed by atoms with Crippen LogP contribution in [0.4, 0.5) is 13.6 Å². The summed E-state index contributed by atoms with van der Waals surface area (Å²) in [5.74, 6) is -1.90. The molecule has 0 fully saturated rings. The molecule has 20 heavy (non-hydrogen) atoms. The highest BCUT2D eigenvalue weighted by Gasteiger charge is 2.19. The minimum absolute atomic E-state index is 0.174. The van der Waals surface area contributed by atoms with E-state index in [9.17, 15) is 18.7 Å². The van der Waals surface area contributed by atoms with Crippen LogP contribution in [0.25, 0.3) is 0 Å². The zero-order chi connectivity index (χ0) is 15.3. The third-order valence-corrected chi connectivity index (χ3v) is 2.41. The molecular weight excluding hydrogens is 268 g/mol. The maximum absolute atomic E-state index is 13.1. The molecule has 0 radical (unpaired) electrons. The van der Waals surface area contributed by atoms with Gasteiger partial charge in [-0.15, -0.1) is 0 Å². The number of benzene rings is 1. The summed E-state index contributed by atoms with van der Waals surface area (Å²) < 4.78 is 30.9. The monoisotopic (exact) mass is 287 g/mol. The fourth-order valence-electron chi connectivity index (χ4n) is 1.59. The molecule has 1 aromatic carbocycles. The fourth-order valence-corrected chi connectivity index (χ4v) is 1.59. The molecule has 4 nitrogen and oxygen atoms in total. The van der Waals surface area contributed by atoms with Gasteiger partial charge < -0.3 is 15.2 Å². The number of alkyl carbamates (subject to hydrolysis) is 1. The van der Waals surface area contributed by atoms with Gasteiger partial charge in [-0.1, -0.05) is 6.07 Å². The molecule has 1 atom stereocenters. The molecule has 0 spiro atoms. The van der Waals surface area contributed by atoms with Crippen LogP contribution in [0.1, 0.15) is 26.3 Å². The molecular formula is C14H19F2NO3. The predicted octanol–water partition coefficient (Wildman–Crippen LogP) is 2.39. The number of nitrogens with one attached hydrogen (secondary N) is 1. The minimum Gasteiger partial charge on any atom is -0.444 e. The molecule has 0 heterocycles. The number of ether oxygens (including phenoxy) is 1. The Hall–Kier alpha value is -1.69. The van der Waals surface area contributed by atoms with Gasteiger partial charge in [0.2, 0.25) is 0 Å². The van der Waals surface area contributed by atoms with E-state index in [-0.39, 0.29) is 13.0 Å². The number of amides is 1. The summed E-state index contributed by atoms with van der Waals surface area (Å²) in [6, 6.07) is 2.81. The first-order valence-corrected chi connectivity index (χ1v) is 6.25. The third kappa shape index (κ3) is 5.52. The van der Waals surface area contributed by atoms with E-state index >= 15 is 0 Å². The maximum Gasteiger partial charge on any atom is 0.407 e. The number of aliphatic hydroxyl groups is 1. The quantitative estimate of drug-likeness (QED) is 0.894. The molecule has 0 saturated heterocycles. The van der Waals surface area contributed by atoms with Crippen molar-refractivity contribution in [1.29, 1.82) is 0 Å². The highest BCUT2D eigenvalue weighted by atomic mass is 19.2. The van der Waals surface area contributed by atoms with Crippen molar-refractivity contribution >= 4 is 6.09 Å². The first-order chi connectivity index (χ1) is 9.21. The molecule has 0 bridgehead atoms. The Balaban J connectivity index is 2.63. The van der Waals surface area contributed by atoms with Crippen molar-refractivity contribution < 1.29 is 23.4 Å². The van der Waals surface area contributed by atoms with Crippen molar-refractivity contribution in [3.05, 3.63) is 35.4 Å². The number of hydrogen-bond donors (Lipinski definition) is 2. The molecule has 0 saturated carbocycles. The van der Waals surface area contributed by atoms with E-state index in [2.05, 4.69) is 5.32 Å². The average molecular weight is 287 g/mol. The summed E-state index contributed by atoms with van der Waals surface area (Å²) >= 11 is 0. The maximum atomic E-state index is 13.1. The molecule has 1 unspecified atom stereocenters. The van der Waals surface area contributed by atoms with E-state index in [0.29, 0.717) is 5.56 Å². The Kier molecular flexibility index (Phi) is 5.44. The second-order valence-corrected chi connectivity index (χ2v) is 5.48. The highest BCUT2D eigenvalue weighted by molar-refractivity contribution is 5.68. The van der Waals surface area contributed by atoms with Gasteiger partial charge in [0.05, 0.1) is 12.6 Å². The fraction of sp³-hybridized carbons (Fsp3) is 0.500. The summed E-state index contributed by atoms with van der Waals surface area (Å²) in [5.41, 5.74) is -0.175. The average Bonchev–Trinajstić information content (AvgIpc) is 2.30. The van der Waals surface area contributed by atoms with Gasteiger partial charge >= 0.3 is 6.09 Å². The van der Waals surface area contributed by atoms with E-state index < -0.39 is 29.4 Å². The van der Waals surface area contributed by atoms with Crippen LogP contribution in [0, 0.1) is 11.6 Å². The van der Waals surface area contributed by atoms with Gasteiger partial charge in [-0.2, -0.15) is 0 Å². The van der Waals surface area contributed by atoms with Crippen LogP contribution >= 0.6 is 0 Å². The Morgan fingerprint density at radius 2 is 2.00 bits per heavy atom. The zero-order valence-corrected chi connectivity index (χ0v) is 11.7. The molecule has 0 aromatic heterocycles. The van der Waals surface area contributed by atoms with Crippen LogP contribution in [0.3, 0.4) is 0 Å². The summed E-state index contributed by atoms with van der Waals surface area (Å²) in [5, 5.41) is 11.7. The largest absolute Gasteiger partial charge is 0.444 e. The van der Waals surface area contributed by atoms with Gasteiger partial charge in [0.15, 0.2) is 11.6 Å². The molecule has 0 aliphatic rings. The standard InChI is InChI=1S/C14H19F2NO3/c1-14(2,3)20-13(19)17-10(8-18)6-9-4-5-11(15)12(16)7-9/h4-5,7,10,18H,6,8H2,1-3H3,(H,17,19). The number of rotatable bonds is 4. The second kappa shape index (κ2) is 6.65. The zero-order valence-electron chi connectivity index (χ0n) is 11.7. The van der Waals surface area contributed by atoms with Crippen LogP contribution in [0.2, 0.25) is 0 Å². The van der Waals surface area contributed by atoms with Crippen molar-refractivity contribution in [3.8, 4) is 0 Å². The Morgan fingerprint density at radius 3 is 2.50 bits per heavy atom. The normalized spacial score (nSPS) is 12.9. The van der Waals surface area contributed by atoms with Crippen molar-refractivity contribution in [2.24, 2.45) is 0 Å². The first kappa shape index (κ1) is 16.4. The molecule has 0 aliphatic carbocycles. The number of aliphatic hydroxyl groups excluding tert-OH is 1. The van der Waals surface area contributed by atoms with E-state index in [4.69, 9.17) is 4.74 Å². The van der Waals surface area contributed by atoms with Crippen molar-refractivity contribution in [3.63, 3.8) is 0 Å². The molecule has 2 N–H and O–H groups in total. The second-order valence-electron chi connectivity index (χ2n) is 5.48. The highest BCUT2D eigenvalue weighted by Crippen LogP contribution is 2.11. The van der Waals surface area contributed by atoms with Crippen LogP contribution in [0.15, 0.2) is 18.2 Å². The molecule has 1 aromatic rings. The molecule has 112 valence electrons. The lowest BCUT2D eigenvalue weighted by molar-refractivity contribution is 0.0483. The molecule has 0 aliphatic heterocycles. The van der Waals surface area contributed by atoms with E-state index in [1.807, 2.05) is 0 Å². The van der Waals surface area contributed by atoms with Crippen LogP contribution in [-0.2, 0) is 11.2 Å².